The monoisotopic (exact) mass is 959 g/mol. The minimum atomic E-state index is -0.833. The number of hydrogen-bond acceptors (Lipinski definition) is 6. The number of rotatable bonds is 4. The third kappa shape index (κ3) is 7.61. The van der Waals surface area contributed by atoms with E-state index in [9.17, 15) is 15.0 Å². The van der Waals surface area contributed by atoms with Crippen molar-refractivity contribution in [2.45, 2.75) is 224 Å². The molecule has 0 aliphatic heterocycles. The van der Waals surface area contributed by atoms with Gasteiger partial charge in [0.15, 0.2) is 0 Å². The molecule has 7 nitrogen and oxygen atoms in total. The molecular weight excluding hydrogens is 853 g/mol. The number of aliphatic carboxylic acids is 1. The van der Waals surface area contributed by atoms with Crippen molar-refractivity contribution in [3.63, 3.8) is 0 Å². The number of Topliss-reactive ketones (excluding diaryl/α,β-unsaturated/α-hetero) is 1. The highest BCUT2D eigenvalue weighted by Gasteiger charge is 2.73. The zero-order chi connectivity index (χ0) is 50.2. The van der Waals surface area contributed by atoms with E-state index in [0.29, 0.717) is 93.5 Å². The van der Waals surface area contributed by atoms with Gasteiger partial charge in [0.25, 0.3) is 5.97 Å². The van der Waals surface area contributed by atoms with Crippen molar-refractivity contribution >= 4 is 11.8 Å². The lowest BCUT2D eigenvalue weighted by Crippen LogP contribution is -2.67. The lowest BCUT2D eigenvalue weighted by atomic mass is 9.32. The van der Waals surface area contributed by atoms with Gasteiger partial charge in [-0.1, -0.05) is 93.5 Å². The zero-order valence-electron chi connectivity index (χ0n) is 46.8. The number of carboxylic acid groups (broad SMARTS) is 1. The molecule has 19 atom stereocenters. The highest BCUT2D eigenvalue weighted by Crippen LogP contribution is 2.79. The maximum absolute atomic E-state index is 12.9. The van der Waals surface area contributed by atoms with E-state index in [1.807, 2.05) is 0 Å². The molecule has 0 aromatic rings. The molecule has 10 fully saturated rings. The van der Waals surface area contributed by atoms with Gasteiger partial charge >= 0.3 is 0 Å². The summed E-state index contributed by atoms with van der Waals surface area (Å²) in [7, 11) is 0. The third-order valence-corrected chi connectivity index (χ3v) is 27.0. The summed E-state index contributed by atoms with van der Waals surface area (Å²) in [6.07, 6.45) is 24.9. The summed E-state index contributed by atoms with van der Waals surface area (Å²) in [5.41, 5.74) is 12.0. The molecule has 0 aromatic heterocycles. The zero-order valence-corrected chi connectivity index (χ0v) is 46.8. The molecule has 8 N–H and O–H groups in total. The van der Waals surface area contributed by atoms with E-state index in [2.05, 4.69) is 96.2 Å². The first-order chi connectivity index (χ1) is 31.5. The Labute approximate surface area is 422 Å². The van der Waals surface area contributed by atoms with E-state index in [0.717, 1.165) is 37.5 Å². The highest BCUT2D eigenvalue weighted by molar-refractivity contribution is 5.85. The first-order valence-corrected chi connectivity index (χ1v) is 28.5. The first kappa shape index (κ1) is 55.2. The number of nitrogens with two attached hydrogens (primary N) is 1. The Kier molecular flexibility index (Phi) is 14.5. The van der Waals surface area contributed by atoms with E-state index in [4.69, 9.17) is 15.6 Å². The van der Waals surface area contributed by atoms with Crippen molar-refractivity contribution in [1.29, 1.82) is 0 Å². The first-order valence-electron chi connectivity index (χ1n) is 28.5. The van der Waals surface area contributed by atoms with Crippen LogP contribution in [0.4, 0.5) is 0 Å². The molecule has 7 heteroatoms. The fourth-order valence-electron chi connectivity index (χ4n) is 23.0. The lowest BCUT2D eigenvalue weighted by molar-refractivity contribution is -0.240. The summed E-state index contributed by atoms with van der Waals surface area (Å²) < 4.78 is 0. The summed E-state index contributed by atoms with van der Waals surface area (Å²) in [4.78, 5) is 21.9. The minimum Gasteiger partial charge on any atom is -0.481 e. The maximum atomic E-state index is 12.9. The Morgan fingerprint density at radius 2 is 0.942 bits per heavy atom. The predicted molar refractivity (Wildman–Crippen MR) is 283 cm³/mol. The number of allylic oxidation sites excluding steroid dienone is 2. The fourth-order valence-corrected chi connectivity index (χ4v) is 23.0. The topological polar surface area (TPSA) is 156 Å². The summed E-state index contributed by atoms with van der Waals surface area (Å²) in [6.45, 7) is 40.6. The van der Waals surface area contributed by atoms with Crippen molar-refractivity contribution in [2.75, 3.05) is 13.2 Å². The molecular formula is C62H106N2O5. The molecule has 0 amide bonds. The Morgan fingerprint density at radius 3 is 1.35 bits per heavy atom. The summed E-state index contributed by atoms with van der Waals surface area (Å²) >= 11 is 0. The Hall–Kier alpha value is -1.54. The van der Waals surface area contributed by atoms with Gasteiger partial charge in [-0.05, 0) is 244 Å². The van der Waals surface area contributed by atoms with Gasteiger partial charge in [0.05, 0.1) is 0 Å². The van der Waals surface area contributed by atoms with E-state index in [1.165, 1.54) is 127 Å². The molecule has 10 rings (SSSR count). The average Bonchev–Trinajstić information content (AvgIpc) is 3.85. The standard InChI is InChI=1S/C30H51NO.C30H48O2.C2H4O2.H3N/c1-19(2)20-10-15-30(18-32)17-16-28(6)21(25(20)30)8-9-23-27(5)13-12-24(31)26(3,4)22(27)11-14-29(23,28)7;1-19(2)20-10-15-30(18-31)17-16-28(6)21(25(20)30)8-9-23-27(5)13-12-24(32)26(3,4)22(27)11-14-29(23,28)7;1-2(3)4;/h20-25,32H,1,8-18,31H2,2-7H3;20-23,25,31H,1,8-18H2,2-7H3;1H3,(H,3,4);1H3/t20-,21+,22-,23+,24?,25+,27-,28+,29+,30+;20-,21+,22-,23+,25+,27-,28+,29+,30+;;/m00../s1. The van der Waals surface area contributed by atoms with Crippen LogP contribution in [0.15, 0.2) is 24.3 Å². The van der Waals surface area contributed by atoms with Crippen molar-refractivity contribution < 1.29 is 24.9 Å². The van der Waals surface area contributed by atoms with Crippen molar-refractivity contribution in [1.82, 2.24) is 6.15 Å². The Balaban J connectivity index is 0.000000187. The van der Waals surface area contributed by atoms with Gasteiger partial charge in [-0.15, -0.1) is 0 Å². The molecule has 1 unspecified atom stereocenters. The quantitative estimate of drug-likeness (QED) is 0.176. The molecule has 10 saturated carbocycles. The molecule has 0 aromatic carbocycles. The summed E-state index contributed by atoms with van der Waals surface area (Å²) in [5, 5.41) is 28.7. The number of hydrogen-bond donors (Lipinski definition) is 5. The largest absolute Gasteiger partial charge is 0.481 e. The van der Waals surface area contributed by atoms with Crippen molar-refractivity contribution in [3.05, 3.63) is 24.3 Å². The number of aliphatic hydroxyl groups excluding tert-OH is 2. The van der Waals surface area contributed by atoms with Crippen LogP contribution in [0, 0.1) is 113 Å². The number of aliphatic hydroxyl groups is 2. The molecule has 394 valence electrons. The number of carboxylic acids is 1. The van der Waals surface area contributed by atoms with Gasteiger partial charge in [0.2, 0.25) is 0 Å². The van der Waals surface area contributed by atoms with Crippen LogP contribution in [0.25, 0.3) is 0 Å². The molecule has 0 bridgehead atoms. The Bertz CT molecular complexity index is 1990. The van der Waals surface area contributed by atoms with Crippen molar-refractivity contribution in [2.24, 2.45) is 119 Å². The third-order valence-electron chi connectivity index (χ3n) is 27.0. The van der Waals surface area contributed by atoms with Crippen LogP contribution < -0.4 is 11.9 Å². The van der Waals surface area contributed by atoms with E-state index >= 15 is 0 Å². The number of carbonyl (C=O) groups is 2. The van der Waals surface area contributed by atoms with Crippen LogP contribution in [0.3, 0.4) is 0 Å². The molecule has 10 aliphatic carbocycles. The second kappa shape index (κ2) is 18.1. The van der Waals surface area contributed by atoms with Crippen LogP contribution in [0.2, 0.25) is 0 Å². The molecule has 0 radical (unpaired) electrons. The molecule has 0 heterocycles. The van der Waals surface area contributed by atoms with E-state index in [1.54, 1.807) is 0 Å². The number of ketones is 1. The van der Waals surface area contributed by atoms with Crippen LogP contribution in [0.1, 0.15) is 218 Å². The van der Waals surface area contributed by atoms with Gasteiger partial charge in [-0.2, -0.15) is 0 Å². The smallest absolute Gasteiger partial charge is 0.300 e. The second-order valence-corrected chi connectivity index (χ2v) is 29.5. The van der Waals surface area contributed by atoms with Gasteiger partial charge in [-0.3, -0.25) is 9.59 Å². The summed E-state index contributed by atoms with van der Waals surface area (Å²) in [6, 6.07) is 0.353. The van der Waals surface area contributed by atoms with Gasteiger partial charge < -0.3 is 27.2 Å². The van der Waals surface area contributed by atoms with E-state index in [-0.39, 0.29) is 33.2 Å². The Morgan fingerprint density at radius 1 is 0.536 bits per heavy atom. The minimum absolute atomic E-state index is 0. The number of fused-ring (bicyclic) bond motifs is 14. The molecule has 10 aliphatic rings. The SMILES string of the molecule is C=C(C)[C@@H]1CC[C@]2(CO)CC[C@]3(C)[C@H](CC[C@@H]4[C@@]5(C)CCC(=O)C(C)(C)[C@@H]5CC[C@]43C)[C@@H]12.C=C(C)[C@@H]1CC[C@]2(CO)CC[C@]3(C)[C@H](CC[C@@H]4[C@@]5(C)CCC(N)C(C)(C)[C@@H]5CC[C@]43C)[C@@H]12.CC(=O)O.N. The van der Waals surface area contributed by atoms with Crippen LogP contribution in [0.5, 0.6) is 0 Å². The van der Waals surface area contributed by atoms with Crippen LogP contribution in [-0.4, -0.2) is 46.3 Å². The van der Waals surface area contributed by atoms with Gasteiger partial charge in [-0.25, -0.2) is 0 Å². The van der Waals surface area contributed by atoms with Gasteiger partial charge in [0, 0.05) is 38.0 Å². The van der Waals surface area contributed by atoms with Crippen molar-refractivity contribution in [3.8, 4) is 0 Å². The number of carbonyl (C=O) groups excluding carboxylic acids is 1. The van der Waals surface area contributed by atoms with E-state index < -0.39 is 5.97 Å². The van der Waals surface area contributed by atoms with Gasteiger partial charge in [0.1, 0.15) is 5.78 Å². The maximum Gasteiger partial charge on any atom is 0.300 e. The molecule has 0 saturated heterocycles. The normalized spacial score (nSPS) is 51.7. The lowest BCUT2D eigenvalue weighted by Gasteiger charge is -2.73. The highest BCUT2D eigenvalue weighted by atomic mass is 16.4. The average molecular weight is 960 g/mol. The molecule has 69 heavy (non-hydrogen) atoms. The predicted octanol–water partition coefficient (Wildman–Crippen LogP) is 14.4. The van der Waals surface area contributed by atoms with Crippen LogP contribution in [-0.2, 0) is 9.59 Å². The second-order valence-electron chi connectivity index (χ2n) is 29.5. The molecule has 0 spiro atoms. The fraction of sp³-hybridized carbons (Fsp3) is 0.903. The van der Waals surface area contributed by atoms with Crippen LogP contribution >= 0.6 is 0 Å². The summed E-state index contributed by atoms with van der Waals surface area (Å²) in [5.74, 6) is 6.39.